The fourth-order valence-corrected chi connectivity index (χ4v) is 5.33. The first-order valence-corrected chi connectivity index (χ1v) is 13.1. The Bertz CT molecular complexity index is 1410. The van der Waals surface area contributed by atoms with Gasteiger partial charge in [0.25, 0.3) is 11.5 Å². The molecular weight excluding hydrogens is 455 g/mol. The van der Waals surface area contributed by atoms with Crippen LogP contribution >= 0.6 is 0 Å². The number of carbonyl (C=O) groups is 1. The van der Waals surface area contributed by atoms with Gasteiger partial charge in [0.15, 0.2) is 0 Å². The maximum Gasteiger partial charge on any atom is 0.258 e. The maximum absolute atomic E-state index is 14.9. The second kappa shape index (κ2) is 9.12. The lowest BCUT2D eigenvalue weighted by Crippen LogP contribution is -2.28. The van der Waals surface area contributed by atoms with Gasteiger partial charge in [-0.1, -0.05) is 6.07 Å². The van der Waals surface area contributed by atoms with E-state index in [2.05, 4.69) is 10.2 Å². The van der Waals surface area contributed by atoms with E-state index in [1.54, 1.807) is 13.0 Å². The van der Waals surface area contributed by atoms with Gasteiger partial charge in [0, 0.05) is 55.4 Å². The largest absolute Gasteiger partial charge is 0.349 e. The molecule has 3 aliphatic rings. The number of aromatic nitrogens is 1. The zero-order valence-corrected chi connectivity index (χ0v) is 20.7. The second-order valence-corrected chi connectivity index (χ2v) is 11.0. The SMILES string of the molecule is Cc1c(F)cc(C(=O)NC2CC2)cc1-c1ccc2c(=O)n(CC3CC3)cc(CN3CCC(N)C3)c2c1. The molecule has 2 heterocycles. The minimum atomic E-state index is -0.403. The maximum atomic E-state index is 14.9. The van der Waals surface area contributed by atoms with E-state index in [0.29, 0.717) is 28.0 Å². The van der Waals surface area contributed by atoms with Crippen LogP contribution in [0.2, 0.25) is 0 Å². The molecule has 0 bridgehead atoms. The smallest absolute Gasteiger partial charge is 0.258 e. The number of fused-ring (bicyclic) bond motifs is 1. The molecule has 1 atom stereocenters. The summed E-state index contributed by atoms with van der Waals surface area (Å²) in [6.07, 6.45) is 7.29. The van der Waals surface area contributed by atoms with Crippen molar-refractivity contribution in [2.75, 3.05) is 13.1 Å². The minimum absolute atomic E-state index is 0.0192. The normalized spacial score (nSPS) is 20.2. The molecule has 7 heteroatoms. The predicted molar refractivity (Wildman–Crippen MR) is 139 cm³/mol. The van der Waals surface area contributed by atoms with Crippen molar-refractivity contribution in [1.29, 1.82) is 0 Å². The molecule has 1 unspecified atom stereocenters. The molecule has 36 heavy (non-hydrogen) atoms. The van der Waals surface area contributed by atoms with Crippen molar-refractivity contribution in [3.05, 3.63) is 69.4 Å². The van der Waals surface area contributed by atoms with Gasteiger partial charge in [-0.3, -0.25) is 14.5 Å². The fourth-order valence-electron chi connectivity index (χ4n) is 5.33. The highest BCUT2D eigenvalue weighted by molar-refractivity contribution is 5.97. The number of amides is 1. The van der Waals surface area contributed by atoms with Gasteiger partial charge in [-0.25, -0.2) is 4.39 Å². The average Bonchev–Trinajstić information content (AvgIpc) is 3.79. The summed E-state index contributed by atoms with van der Waals surface area (Å²) in [5.74, 6) is -0.0604. The average molecular weight is 489 g/mol. The van der Waals surface area contributed by atoms with Crippen molar-refractivity contribution in [3.63, 3.8) is 0 Å². The zero-order chi connectivity index (χ0) is 25.0. The first-order valence-electron chi connectivity index (χ1n) is 13.1. The van der Waals surface area contributed by atoms with Gasteiger partial charge in [0.2, 0.25) is 0 Å². The van der Waals surface area contributed by atoms with Crippen molar-refractivity contribution >= 4 is 16.7 Å². The number of halogens is 1. The molecule has 3 fully saturated rings. The van der Waals surface area contributed by atoms with Crippen molar-refractivity contribution < 1.29 is 9.18 Å². The van der Waals surface area contributed by atoms with Gasteiger partial charge in [-0.15, -0.1) is 0 Å². The molecule has 1 aliphatic heterocycles. The highest BCUT2D eigenvalue weighted by atomic mass is 19.1. The number of pyridine rings is 1. The third-order valence-corrected chi connectivity index (χ3v) is 7.85. The van der Waals surface area contributed by atoms with Gasteiger partial charge in [0.05, 0.1) is 0 Å². The molecule has 1 amide bonds. The Morgan fingerprint density at radius 1 is 1.11 bits per heavy atom. The summed E-state index contributed by atoms with van der Waals surface area (Å²) in [5.41, 5.74) is 9.56. The Morgan fingerprint density at radius 3 is 2.61 bits per heavy atom. The number of likely N-dealkylation sites (tertiary alicyclic amines) is 1. The topological polar surface area (TPSA) is 80.4 Å². The van der Waals surface area contributed by atoms with Crippen LogP contribution in [0.25, 0.3) is 21.9 Å². The van der Waals surface area contributed by atoms with Crippen LogP contribution in [0.3, 0.4) is 0 Å². The fraction of sp³-hybridized carbons (Fsp3) is 0.448. The number of carbonyl (C=O) groups excluding carboxylic acids is 1. The molecule has 1 aromatic heterocycles. The third kappa shape index (κ3) is 4.70. The van der Waals surface area contributed by atoms with Gasteiger partial charge in [-0.05, 0) is 96.9 Å². The first kappa shape index (κ1) is 23.4. The summed E-state index contributed by atoms with van der Waals surface area (Å²) in [6.45, 7) is 4.98. The highest BCUT2D eigenvalue weighted by Gasteiger charge is 2.26. The highest BCUT2D eigenvalue weighted by Crippen LogP contribution is 2.33. The molecule has 6 nitrogen and oxygen atoms in total. The van der Waals surface area contributed by atoms with Crippen LogP contribution in [-0.2, 0) is 13.1 Å². The summed E-state index contributed by atoms with van der Waals surface area (Å²) in [4.78, 5) is 28.4. The van der Waals surface area contributed by atoms with Crippen molar-refractivity contribution in [1.82, 2.24) is 14.8 Å². The Balaban J connectivity index is 1.44. The Morgan fingerprint density at radius 2 is 1.92 bits per heavy atom. The molecule has 0 radical (unpaired) electrons. The van der Waals surface area contributed by atoms with Crippen LogP contribution in [0.4, 0.5) is 4.39 Å². The quantitative estimate of drug-likeness (QED) is 0.528. The van der Waals surface area contributed by atoms with E-state index in [-0.39, 0.29) is 23.6 Å². The summed E-state index contributed by atoms with van der Waals surface area (Å²) in [6, 6.07) is 9.20. The number of nitrogens with one attached hydrogen (secondary N) is 1. The molecule has 6 rings (SSSR count). The molecule has 1 saturated heterocycles. The molecule has 2 aliphatic carbocycles. The van der Waals surface area contributed by atoms with E-state index in [1.807, 2.05) is 29.0 Å². The van der Waals surface area contributed by atoms with Crippen molar-refractivity contribution in [3.8, 4) is 11.1 Å². The molecule has 2 aromatic carbocycles. The molecule has 3 N–H and O–H groups in total. The summed E-state index contributed by atoms with van der Waals surface area (Å²) < 4.78 is 16.8. The van der Waals surface area contributed by atoms with Crippen LogP contribution in [0.1, 0.15) is 53.6 Å². The van der Waals surface area contributed by atoms with E-state index in [9.17, 15) is 14.0 Å². The molecule has 0 spiro atoms. The molecule has 2 saturated carbocycles. The van der Waals surface area contributed by atoms with E-state index in [0.717, 1.165) is 62.0 Å². The summed E-state index contributed by atoms with van der Waals surface area (Å²) in [7, 11) is 0. The van der Waals surface area contributed by atoms with E-state index in [1.165, 1.54) is 18.9 Å². The minimum Gasteiger partial charge on any atom is -0.349 e. The van der Waals surface area contributed by atoms with Gasteiger partial charge >= 0.3 is 0 Å². The number of hydrogen-bond donors (Lipinski definition) is 2. The van der Waals surface area contributed by atoms with E-state index < -0.39 is 5.82 Å². The molecular formula is C29H33FN4O2. The van der Waals surface area contributed by atoms with Crippen LogP contribution < -0.4 is 16.6 Å². The third-order valence-electron chi connectivity index (χ3n) is 7.85. The van der Waals surface area contributed by atoms with Gasteiger partial charge < -0.3 is 15.6 Å². The van der Waals surface area contributed by atoms with Crippen molar-refractivity contribution in [2.45, 2.75) is 64.2 Å². The Hall–Kier alpha value is -3.03. The summed E-state index contributed by atoms with van der Waals surface area (Å²) in [5, 5.41) is 4.52. The second-order valence-electron chi connectivity index (χ2n) is 11.0. The van der Waals surface area contributed by atoms with E-state index >= 15 is 0 Å². The molecule has 188 valence electrons. The standard InChI is InChI=1S/C29H33FN4O2/c1-17-25(11-20(12-27(17)30)28(35)32-23-5-6-23)19-4-7-24-26(10-19)21(14-33-9-8-22(31)16-33)15-34(29(24)36)13-18-2-3-18/h4,7,10-12,15,18,22-23H,2-3,5-6,8-9,13-14,16,31H2,1H3,(H,32,35). The number of nitrogens with two attached hydrogens (primary N) is 1. The first-order chi connectivity index (χ1) is 17.4. The van der Waals surface area contributed by atoms with Crippen LogP contribution in [0.5, 0.6) is 0 Å². The number of hydrogen-bond acceptors (Lipinski definition) is 4. The van der Waals surface area contributed by atoms with Crippen LogP contribution in [0, 0.1) is 18.7 Å². The zero-order valence-electron chi connectivity index (χ0n) is 20.7. The lowest BCUT2D eigenvalue weighted by Gasteiger charge is -2.19. The predicted octanol–water partition coefficient (Wildman–Crippen LogP) is 3.95. The number of nitrogens with zero attached hydrogens (tertiary/aromatic N) is 2. The summed E-state index contributed by atoms with van der Waals surface area (Å²) >= 11 is 0. The van der Waals surface area contributed by atoms with Gasteiger partial charge in [-0.2, -0.15) is 0 Å². The molecule has 3 aromatic rings. The Kier molecular flexibility index (Phi) is 5.92. The van der Waals surface area contributed by atoms with E-state index in [4.69, 9.17) is 5.73 Å². The Labute approximate surface area is 210 Å². The number of rotatable bonds is 7. The van der Waals surface area contributed by atoms with Crippen LogP contribution in [-0.4, -0.2) is 40.5 Å². The van der Waals surface area contributed by atoms with Crippen LogP contribution in [0.15, 0.2) is 41.3 Å². The lowest BCUT2D eigenvalue weighted by molar-refractivity contribution is 0.0950. The van der Waals surface area contributed by atoms with Crippen molar-refractivity contribution in [2.24, 2.45) is 11.7 Å². The number of benzene rings is 2. The van der Waals surface area contributed by atoms with Gasteiger partial charge in [0.1, 0.15) is 5.82 Å². The lowest BCUT2D eigenvalue weighted by atomic mass is 9.94. The monoisotopic (exact) mass is 488 g/mol.